The van der Waals surface area contributed by atoms with Crippen LogP contribution in [0, 0.1) is 0 Å². The topological polar surface area (TPSA) is 49.0 Å². The third-order valence-electron chi connectivity index (χ3n) is 2.11. The molecule has 0 aliphatic rings. The van der Waals surface area contributed by atoms with Gasteiger partial charge in [-0.3, -0.25) is 4.84 Å². The van der Waals surface area contributed by atoms with Gasteiger partial charge in [-0.05, 0) is 27.2 Å². The van der Waals surface area contributed by atoms with Crippen molar-refractivity contribution in [2.75, 3.05) is 46.2 Å². The van der Waals surface area contributed by atoms with Crippen molar-refractivity contribution < 1.29 is 19.0 Å². The van der Waals surface area contributed by atoms with Gasteiger partial charge in [-0.1, -0.05) is 13.3 Å². The zero-order chi connectivity index (χ0) is 14.4. The molecule has 0 saturated heterocycles. The van der Waals surface area contributed by atoms with E-state index < -0.39 is 0 Å². The van der Waals surface area contributed by atoms with Crippen molar-refractivity contribution in [3.05, 3.63) is 0 Å². The summed E-state index contributed by atoms with van der Waals surface area (Å²) in [5, 5.41) is 0. The van der Waals surface area contributed by atoms with E-state index in [2.05, 4.69) is 12.4 Å². The summed E-state index contributed by atoms with van der Waals surface area (Å²) in [7, 11) is 0. The van der Waals surface area contributed by atoms with E-state index in [1.165, 1.54) is 6.42 Å². The van der Waals surface area contributed by atoms with Crippen molar-refractivity contribution in [1.29, 1.82) is 0 Å². The Kier molecular flexibility index (Phi) is 12.7. The number of hydrogen-bond acceptors (Lipinski definition) is 5. The van der Waals surface area contributed by atoms with Crippen LogP contribution in [0.25, 0.3) is 0 Å². The van der Waals surface area contributed by atoms with E-state index >= 15 is 0 Å². The fourth-order valence-electron chi connectivity index (χ4n) is 1.17. The smallest absolute Gasteiger partial charge is 0.0812 e. The molecule has 0 amide bonds. The van der Waals surface area contributed by atoms with Crippen molar-refractivity contribution in [1.82, 2.24) is 5.48 Å². The van der Waals surface area contributed by atoms with Crippen molar-refractivity contribution in [2.24, 2.45) is 0 Å². The van der Waals surface area contributed by atoms with Crippen LogP contribution < -0.4 is 5.48 Å². The Labute approximate surface area is 117 Å². The minimum absolute atomic E-state index is 0.166. The molecule has 19 heavy (non-hydrogen) atoms. The van der Waals surface area contributed by atoms with Crippen LogP contribution in [0.2, 0.25) is 0 Å². The van der Waals surface area contributed by atoms with Crippen molar-refractivity contribution >= 4 is 0 Å². The Hall–Kier alpha value is -0.200. The summed E-state index contributed by atoms with van der Waals surface area (Å²) in [6.45, 7) is 12.8. The SMILES string of the molecule is CCCCOCCOCCOCCNOC(C)(C)C. The Balaban J connectivity index is 2.99. The predicted octanol–water partition coefficient (Wildman–Crippen LogP) is 2.16. The van der Waals surface area contributed by atoms with Gasteiger partial charge in [-0.25, -0.2) is 0 Å². The minimum atomic E-state index is -0.166. The van der Waals surface area contributed by atoms with Crippen LogP contribution in [0.15, 0.2) is 0 Å². The van der Waals surface area contributed by atoms with Gasteiger partial charge in [0.1, 0.15) is 0 Å². The van der Waals surface area contributed by atoms with Crippen molar-refractivity contribution in [3.63, 3.8) is 0 Å². The van der Waals surface area contributed by atoms with E-state index in [0.717, 1.165) is 13.0 Å². The third-order valence-corrected chi connectivity index (χ3v) is 2.11. The number of nitrogens with one attached hydrogen (secondary N) is 1. The zero-order valence-electron chi connectivity index (χ0n) is 13.0. The second-order valence-electron chi connectivity index (χ2n) is 5.30. The molecule has 0 bridgehead atoms. The summed E-state index contributed by atoms with van der Waals surface area (Å²) >= 11 is 0. The molecule has 116 valence electrons. The van der Waals surface area contributed by atoms with Crippen LogP contribution >= 0.6 is 0 Å². The quantitative estimate of drug-likeness (QED) is 0.413. The first-order valence-corrected chi connectivity index (χ1v) is 7.20. The molecule has 5 nitrogen and oxygen atoms in total. The average molecular weight is 277 g/mol. The maximum absolute atomic E-state index is 5.39. The van der Waals surface area contributed by atoms with Gasteiger partial charge in [0, 0.05) is 13.2 Å². The maximum atomic E-state index is 5.39. The van der Waals surface area contributed by atoms with E-state index in [1.807, 2.05) is 20.8 Å². The van der Waals surface area contributed by atoms with Crippen LogP contribution in [0.4, 0.5) is 0 Å². The predicted molar refractivity (Wildman–Crippen MR) is 76.2 cm³/mol. The molecule has 0 atom stereocenters. The summed E-state index contributed by atoms with van der Waals surface area (Å²) < 4.78 is 16.1. The summed E-state index contributed by atoms with van der Waals surface area (Å²) in [4.78, 5) is 5.34. The molecule has 0 fully saturated rings. The van der Waals surface area contributed by atoms with Gasteiger partial charge in [0.25, 0.3) is 0 Å². The first-order chi connectivity index (χ1) is 9.06. The maximum Gasteiger partial charge on any atom is 0.0812 e. The molecule has 0 spiro atoms. The molecule has 0 aromatic heterocycles. The van der Waals surface area contributed by atoms with E-state index in [-0.39, 0.29) is 5.60 Å². The van der Waals surface area contributed by atoms with Crippen LogP contribution in [0.5, 0.6) is 0 Å². The lowest BCUT2D eigenvalue weighted by molar-refractivity contribution is -0.0803. The highest BCUT2D eigenvalue weighted by atomic mass is 16.7. The van der Waals surface area contributed by atoms with Gasteiger partial charge in [0.15, 0.2) is 0 Å². The lowest BCUT2D eigenvalue weighted by Gasteiger charge is -2.19. The van der Waals surface area contributed by atoms with Gasteiger partial charge in [-0.2, -0.15) is 5.48 Å². The molecular formula is C14H31NO4. The van der Waals surface area contributed by atoms with E-state index in [0.29, 0.717) is 39.6 Å². The number of ether oxygens (including phenoxy) is 3. The van der Waals surface area contributed by atoms with Crippen LogP contribution in [0.3, 0.4) is 0 Å². The molecule has 0 saturated carbocycles. The summed E-state index contributed by atoms with van der Waals surface area (Å²) in [6, 6.07) is 0. The highest BCUT2D eigenvalue weighted by Gasteiger charge is 2.09. The fourth-order valence-corrected chi connectivity index (χ4v) is 1.17. The highest BCUT2D eigenvalue weighted by molar-refractivity contribution is 4.56. The first kappa shape index (κ1) is 18.8. The van der Waals surface area contributed by atoms with E-state index in [1.54, 1.807) is 0 Å². The number of hydrogen-bond donors (Lipinski definition) is 1. The number of unbranched alkanes of at least 4 members (excludes halogenated alkanes) is 1. The molecule has 5 heteroatoms. The second kappa shape index (κ2) is 12.8. The lowest BCUT2D eigenvalue weighted by Crippen LogP contribution is -2.31. The van der Waals surface area contributed by atoms with Crippen LogP contribution in [-0.4, -0.2) is 51.8 Å². The molecular weight excluding hydrogens is 246 g/mol. The average Bonchev–Trinajstić information content (AvgIpc) is 2.34. The monoisotopic (exact) mass is 277 g/mol. The highest BCUT2D eigenvalue weighted by Crippen LogP contribution is 2.02. The van der Waals surface area contributed by atoms with Gasteiger partial charge in [0.05, 0.1) is 38.6 Å². The molecule has 0 aliphatic carbocycles. The molecule has 0 aromatic rings. The summed E-state index contributed by atoms with van der Waals surface area (Å²) in [6.07, 6.45) is 2.29. The molecule has 0 unspecified atom stereocenters. The first-order valence-electron chi connectivity index (χ1n) is 7.20. The third kappa shape index (κ3) is 17.8. The Morgan fingerprint density at radius 3 is 1.84 bits per heavy atom. The molecule has 0 aromatic carbocycles. The lowest BCUT2D eigenvalue weighted by atomic mass is 10.2. The zero-order valence-corrected chi connectivity index (χ0v) is 13.0. The Bertz CT molecular complexity index is 183. The molecule has 0 heterocycles. The van der Waals surface area contributed by atoms with Gasteiger partial charge < -0.3 is 14.2 Å². The summed E-state index contributed by atoms with van der Waals surface area (Å²) in [5.41, 5.74) is 2.70. The summed E-state index contributed by atoms with van der Waals surface area (Å²) in [5.74, 6) is 0. The fraction of sp³-hybridized carbons (Fsp3) is 1.00. The van der Waals surface area contributed by atoms with Gasteiger partial charge in [0.2, 0.25) is 0 Å². The van der Waals surface area contributed by atoms with Gasteiger partial charge in [-0.15, -0.1) is 0 Å². The van der Waals surface area contributed by atoms with Crippen LogP contribution in [-0.2, 0) is 19.0 Å². The molecule has 1 N–H and O–H groups in total. The van der Waals surface area contributed by atoms with E-state index in [9.17, 15) is 0 Å². The molecule has 0 rings (SSSR count). The Morgan fingerprint density at radius 1 is 0.789 bits per heavy atom. The Morgan fingerprint density at radius 2 is 1.32 bits per heavy atom. The van der Waals surface area contributed by atoms with Gasteiger partial charge >= 0.3 is 0 Å². The largest absolute Gasteiger partial charge is 0.379 e. The normalized spacial score (nSPS) is 12.0. The van der Waals surface area contributed by atoms with E-state index in [4.69, 9.17) is 19.0 Å². The van der Waals surface area contributed by atoms with Crippen molar-refractivity contribution in [3.8, 4) is 0 Å². The molecule has 0 radical (unpaired) electrons. The van der Waals surface area contributed by atoms with Crippen LogP contribution in [0.1, 0.15) is 40.5 Å². The second-order valence-corrected chi connectivity index (χ2v) is 5.30. The number of hydroxylamine groups is 1. The number of rotatable bonds is 13. The minimum Gasteiger partial charge on any atom is -0.379 e. The van der Waals surface area contributed by atoms with Crippen molar-refractivity contribution in [2.45, 2.75) is 46.1 Å². The standard InChI is InChI=1S/C14H31NO4/c1-5-6-8-16-10-12-18-13-11-17-9-7-15-19-14(2,3)4/h15H,5-13H2,1-4H3. The molecule has 0 aliphatic heterocycles.